The van der Waals surface area contributed by atoms with Crippen molar-refractivity contribution in [3.8, 4) is 0 Å². The number of benzene rings is 6. The van der Waals surface area contributed by atoms with Gasteiger partial charge >= 0.3 is 0 Å². The third-order valence-electron chi connectivity index (χ3n) is 7.76. The van der Waals surface area contributed by atoms with Crippen LogP contribution >= 0.6 is 7.92 Å². The maximum Gasteiger partial charge on any atom is 0.0701 e. The Bertz CT molecular complexity index is 1520. The van der Waals surface area contributed by atoms with Crippen molar-refractivity contribution in [2.45, 2.75) is 19.3 Å². The molecule has 0 atom stereocenters. The van der Waals surface area contributed by atoms with Crippen molar-refractivity contribution in [2.75, 3.05) is 0 Å². The summed E-state index contributed by atoms with van der Waals surface area (Å²) in [6.45, 7) is 4.31. The van der Waals surface area contributed by atoms with Gasteiger partial charge in [0, 0.05) is 8.41 Å². The maximum atomic E-state index is 2.37. The zero-order chi connectivity index (χ0) is 27.4. The molecular formula is C39H33BP. The molecule has 197 valence electrons. The normalized spacial score (nSPS) is 11.2. The molecule has 6 aromatic carbocycles. The first-order chi connectivity index (χ1) is 19.7. The lowest BCUT2D eigenvalue weighted by molar-refractivity contribution is 0.745. The molecule has 0 nitrogen and oxygen atoms in total. The highest BCUT2D eigenvalue weighted by atomic mass is 31.1. The van der Waals surface area contributed by atoms with Crippen LogP contribution in [-0.4, -0.2) is 8.41 Å². The Hall–Kier alpha value is -4.19. The molecule has 0 amide bonds. The molecule has 0 saturated carbocycles. The molecule has 2 heteroatoms. The molecule has 0 saturated heterocycles. The standard InChI is InChI=1S/C39H33P.B/c1-30-18-24-36(25-19-30)40(37-26-20-31(2)21-27-37)38-28-22-35(23-29-38)39(32-12-6-3-7-13-32,33-14-8-4-9-15-33)34-16-10-5-11-17-34;/h3-29H,1-2H3;. The zero-order valence-corrected chi connectivity index (χ0v) is 24.5. The van der Waals surface area contributed by atoms with Crippen LogP contribution in [0.5, 0.6) is 0 Å². The van der Waals surface area contributed by atoms with E-state index in [1.807, 2.05) is 0 Å². The summed E-state index contributed by atoms with van der Waals surface area (Å²) >= 11 is 0. The van der Waals surface area contributed by atoms with Gasteiger partial charge in [-0.1, -0.05) is 175 Å². The van der Waals surface area contributed by atoms with Crippen molar-refractivity contribution in [1.29, 1.82) is 0 Å². The summed E-state index contributed by atoms with van der Waals surface area (Å²) in [6.07, 6.45) is 0. The largest absolute Gasteiger partial charge is 0.0701 e. The predicted molar refractivity (Wildman–Crippen MR) is 179 cm³/mol. The topological polar surface area (TPSA) is 0 Å². The fourth-order valence-corrected chi connectivity index (χ4v) is 8.00. The Labute approximate surface area is 248 Å². The van der Waals surface area contributed by atoms with Crippen LogP contribution in [0, 0.1) is 13.8 Å². The van der Waals surface area contributed by atoms with Gasteiger partial charge in [0.05, 0.1) is 5.41 Å². The van der Waals surface area contributed by atoms with Crippen LogP contribution in [0.2, 0.25) is 0 Å². The van der Waals surface area contributed by atoms with Crippen LogP contribution in [0.3, 0.4) is 0 Å². The third kappa shape index (κ3) is 5.56. The second-order valence-electron chi connectivity index (χ2n) is 10.4. The lowest BCUT2D eigenvalue weighted by Gasteiger charge is -2.37. The lowest BCUT2D eigenvalue weighted by Crippen LogP contribution is -2.31. The molecular weight excluding hydrogens is 510 g/mol. The van der Waals surface area contributed by atoms with E-state index in [-0.39, 0.29) is 8.41 Å². The predicted octanol–water partition coefficient (Wildman–Crippen LogP) is 8.06. The molecule has 0 bridgehead atoms. The van der Waals surface area contributed by atoms with E-state index in [2.05, 4.69) is 178 Å². The van der Waals surface area contributed by atoms with E-state index in [1.165, 1.54) is 49.3 Å². The van der Waals surface area contributed by atoms with Crippen LogP contribution in [0.25, 0.3) is 0 Å². The van der Waals surface area contributed by atoms with E-state index < -0.39 is 13.3 Å². The fourth-order valence-electron chi connectivity index (χ4n) is 5.76. The quantitative estimate of drug-likeness (QED) is 0.109. The third-order valence-corrected chi connectivity index (χ3v) is 10.2. The first-order valence-electron chi connectivity index (χ1n) is 13.9. The minimum Gasteiger partial charge on any atom is -0.0622 e. The van der Waals surface area contributed by atoms with Gasteiger partial charge in [-0.25, -0.2) is 0 Å². The average Bonchev–Trinajstić information content (AvgIpc) is 3.02. The molecule has 0 N–H and O–H groups in total. The van der Waals surface area contributed by atoms with Gasteiger partial charge in [-0.3, -0.25) is 0 Å². The smallest absolute Gasteiger partial charge is 0.0622 e. The minimum atomic E-state index is -0.682. The molecule has 3 radical (unpaired) electrons. The van der Waals surface area contributed by atoms with E-state index in [4.69, 9.17) is 0 Å². The molecule has 0 heterocycles. The number of hydrogen-bond donors (Lipinski definition) is 0. The summed E-state index contributed by atoms with van der Waals surface area (Å²) in [6, 6.07) is 60.4. The summed E-state index contributed by atoms with van der Waals surface area (Å²) in [5.74, 6) is 0. The van der Waals surface area contributed by atoms with Crippen LogP contribution < -0.4 is 15.9 Å². The van der Waals surface area contributed by atoms with E-state index in [1.54, 1.807) is 0 Å². The van der Waals surface area contributed by atoms with Crippen LogP contribution in [0.15, 0.2) is 164 Å². The summed E-state index contributed by atoms with van der Waals surface area (Å²) in [7, 11) is -0.682. The van der Waals surface area contributed by atoms with Crippen LogP contribution in [-0.2, 0) is 5.41 Å². The molecule has 6 aromatic rings. The van der Waals surface area contributed by atoms with Gasteiger partial charge in [-0.2, -0.15) is 0 Å². The second kappa shape index (κ2) is 12.5. The molecule has 41 heavy (non-hydrogen) atoms. The zero-order valence-electron chi connectivity index (χ0n) is 23.6. The monoisotopic (exact) mass is 543 g/mol. The molecule has 0 spiro atoms. The highest BCUT2D eigenvalue weighted by Gasteiger charge is 2.38. The Morgan fingerprint density at radius 1 is 0.341 bits per heavy atom. The summed E-state index contributed by atoms with van der Waals surface area (Å²) < 4.78 is 0. The maximum absolute atomic E-state index is 2.37. The summed E-state index contributed by atoms with van der Waals surface area (Å²) in [5.41, 5.74) is 7.20. The van der Waals surface area contributed by atoms with Crippen LogP contribution in [0.1, 0.15) is 33.4 Å². The van der Waals surface area contributed by atoms with E-state index in [0.717, 1.165) is 0 Å². The first kappa shape index (κ1) is 28.3. The molecule has 6 rings (SSSR count). The Morgan fingerprint density at radius 2 is 0.610 bits per heavy atom. The number of aryl methyl sites for hydroxylation is 2. The highest BCUT2D eigenvalue weighted by molar-refractivity contribution is 7.79. The summed E-state index contributed by atoms with van der Waals surface area (Å²) in [5, 5.41) is 4.10. The van der Waals surface area contributed by atoms with Crippen molar-refractivity contribution in [1.82, 2.24) is 0 Å². The molecule has 0 aliphatic carbocycles. The van der Waals surface area contributed by atoms with Gasteiger partial charge in [0.15, 0.2) is 0 Å². The second-order valence-corrected chi connectivity index (χ2v) is 12.6. The Kier molecular flexibility index (Phi) is 8.68. The molecule has 0 aliphatic heterocycles. The van der Waals surface area contributed by atoms with Gasteiger partial charge in [0.2, 0.25) is 0 Å². The van der Waals surface area contributed by atoms with Crippen molar-refractivity contribution >= 4 is 32.2 Å². The fraction of sp³-hybridized carbons (Fsp3) is 0.0769. The lowest BCUT2D eigenvalue weighted by atomic mass is 9.65. The SMILES string of the molecule is Cc1ccc(P(c2ccc(C)cc2)c2ccc(C(c3ccccc3)(c3ccccc3)c3ccccc3)cc2)cc1.[B]. The molecule has 0 fully saturated rings. The van der Waals surface area contributed by atoms with E-state index in [0.29, 0.717) is 0 Å². The van der Waals surface area contributed by atoms with E-state index >= 15 is 0 Å². The average molecular weight is 543 g/mol. The Morgan fingerprint density at radius 3 is 0.927 bits per heavy atom. The molecule has 0 unspecified atom stereocenters. The molecule has 0 aliphatic rings. The van der Waals surface area contributed by atoms with Crippen molar-refractivity contribution in [2.24, 2.45) is 0 Å². The molecule has 0 aromatic heterocycles. The first-order valence-corrected chi connectivity index (χ1v) is 15.2. The van der Waals surface area contributed by atoms with Gasteiger partial charge in [-0.15, -0.1) is 0 Å². The van der Waals surface area contributed by atoms with Crippen molar-refractivity contribution in [3.05, 3.63) is 197 Å². The van der Waals surface area contributed by atoms with Crippen molar-refractivity contribution in [3.63, 3.8) is 0 Å². The van der Waals surface area contributed by atoms with E-state index in [9.17, 15) is 0 Å². The highest BCUT2D eigenvalue weighted by Crippen LogP contribution is 2.45. The number of rotatable bonds is 7. The Balaban J connectivity index is 0.00000337. The minimum absolute atomic E-state index is 0. The van der Waals surface area contributed by atoms with Gasteiger partial charge < -0.3 is 0 Å². The van der Waals surface area contributed by atoms with Gasteiger partial charge in [0.1, 0.15) is 0 Å². The van der Waals surface area contributed by atoms with Crippen molar-refractivity contribution < 1.29 is 0 Å². The summed E-state index contributed by atoms with van der Waals surface area (Å²) in [4.78, 5) is 0. The van der Waals surface area contributed by atoms with Crippen LogP contribution in [0.4, 0.5) is 0 Å². The number of hydrogen-bond acceptors (Lipinski definition) is 0. The van der Waals surface area contributed by atoms with Gasteiger partial charge in [0.25, 0.3) is 0 Å². The van der Waals surface area contributed by atoms with Gasteiger partial charge in [-0.05, 0) is 59.9 Å².